The molecule has 0 radical (unpaired) electrons. The molecule has 0 saturated carbocycles. The quantitative estimate of drug-likeness (QED) is 0.587. The molecule has 1 aromatic heterocycles. The maximum absolute atomic E-state index is 11.0. The summed E-state index contributed by atoms with van der Waals surface area (Å²) in [4.78, 5) is 15.6. The van der Waals surface area contributed by atoms with Gasteiger partial charge in [-0.3, -0.25) is 0 Å². The van der Waals surface area contributed by atoms with Gasteiger partial charge in [0, 0.05) is 12.4 Å². The molecule has 1 rings (SSSR count). The molecule has 0 fully saturated rings. The van der Waals surface area contributed by atoms with Crippen molar-refractivity contribution >= 4 is 33.0 Å². The number of hydrogen-bond acceptors (Lipinski definition) is 6. The summed E-state index contributed by atoms with van der Waals surface area (Å²) in [6.45, 7) is 0. The summed E-state index contributed by atoms with van der Waals surface area (Å²) in [7, 11) is -0.839. The van der Waals surface area contributed by atoms with Crippen molar-refractivity contribution in [3.05, 3.63) is 15.9 Å². The van der Waals surface area contributed by atoms with Gasteiger partial charge in [0.2, 0.25) is 10.5 Å². The van der Waals surface area contributed by atoms with Crippen molar-refractivity contribution in [2.24, 2.45) is 16.6 Å². The highest BCUT2D eigenvalue weighted by atomic mass is 32.2. The highest BCUT2D eigenvalue weighted by molar-refractivity contribution is 7.89. The van der Waals surface area contributed by atoms with Crippen LogP contribution in [0.25, 0.3) is 0 Å². The summed E-state index contributed by atoms with van der Waals surface area (Å²) in [6, 6.07) is 0. The van der Waals surface area contributed by atoms with Crippen LogP contribution in [-0.4, -0.2) is 43.1 Å². The monoisotopic (exact) mass is 293 g/mol. The standard InChI is InChI=1S/C8H11N3O5S2/c1-11-5(6(7(12)13)9-16-2)4-17-8(11)10-18(3,14)15/h4H,1-3H3,(H,12,13)/b9-6+,10-8-. The van der Waals surface area contributed by atoms with Gasteiger partial charge in [-0.15, -0.1) is 15.7 Å². The number of carboxylic acids is 1. The van der Waals surface area contributed by atoms with E-state index in [0.717, 1.165) is 17.6 Å². The van der Waals surface area contributed by atoms with Crippen LogP contribution >= 0.6 is 11.3 Å². The van der Waals surface area contributed by atoms with Crippen molar-refractivity contribution in [2.45, 2.75) is 0 Å². The molecule has 18 heavy (non-hydrogen) atoms. The van der Waals surface area contributed by atoms with Crippen LogP contribution in [0.1, 0.15) is 5.69 Å². The number of aliphatic carboxylic acids is 1. The minimum atomic E-state index is -3.55. The van der Waals surface area contributed by atoms with Gasteiger partial charge in [0.15, 0.2) is 0 Å². The Morgan fingerprint density at radius 1 is 1.56 bits per heavy atom. The smallest absolute Gasteiger partial charge is 0.360 e. The largest absolute Gasteiger partial charge is 0.476 e. The Morgan fingerprint density at radius 2 is 2.17 bits per heavy atom. The average Bonchev–Trinajstić information content (AvgIpc) is 2.55. The molecule has 10 heteroatoms. The normalized spacial score (nSPS) is 13.7. The second-order valence-electron chi connectivity index (χ2n) is 3.21. The van der Waals surface area contributed by atoms with E-state index in [9.17, 15) is 13.2 Å². The third-order valence-corrected chi connectivity index (χ3v) is 3.33. The summed E-state index contributed by atoms with van der Waals surface area (Å²) in [5.41, 5.74) is -0.122. The van der Waals surface area contributed by atoms with E-state index in [1.54, 1.807) is 0 Å². The first-order valence-corrected chi connectivity index (χ1v) is 7.24. The van der Waals surface area contributed by atoms with Crippen LogP contribution in [0.3, 0.4) is 0 Å². The Morgan fingerprint density at radius 3 is 2.61 bits per heavy atom. The maximum Gasteiger partial charge on any atom is 0.360 e. The number of aromatic nitrogens is 1. The van der Waals surface area contributed by atoms with Crippen molar-refractivity contribution < 1.29 is 23.2 Å². The van der Waals surface area contributed by atoms with Gasteiger partial charge in [-0.2, -0.15) is 0 Å². The fourth-order valence-corrected chi connectivity index (χ4v) is 2.82. The van der Waals surface area contributed by atoms with Crippen molar-refractivity contribution in [1.29, 1.82) is 0 Å². The Kier molecular flexibility index (Phi) is 4.24. The van der Waals surface area contributed by atoms with E-state index >= 15 is 0 Å². The van der Waals surface area contributed by atoms with E-state index in [4.69, 9.17) is 5.11 Å². The second kappa shape index (κ2) is 5.31. The lowest BCUT2D eigenvalue weighted by molar-refractivity contribution is -0.129. The van der Waals surface area contributed by atoms with Crippen molar-refractivity contribution in [1.82, 2.24) is 4.57 Å². The molecular weight excluding hydrogens is 282 g/mol. The molecule has 0 bridgehead atoms. The topological polar surface area (TPSA) is 110 Å². The highest BCUT2D eigenvalue weighted by Crippen LogP contribution is 2.04. The predicted molar refractivity (Wildman–Crippen MR) is 64.9 cm³/mol. The third kappa shape index (κ3) is 3.40. The summed E-state index contributed by atoms with van der Waals surface area (Å²) in [5, 5.41) is 13.8. The van der Waals surface area contributed by atoms with Gasteiger partial charge in [0.05, 0.1) is 11.9 Å². The van der Waals surface area contributed by atoms with E-state index in [-0.39, 0.29) is 16.2 Å². The van der Waals surface area contributed by atoms with Crippen molar-refractivity contribution in [2.75, 3.05) is 13.4 Å². The summed E-state index contributed by atoms with van der Waals surface area (Å²) < 4.78 is 26.9. The first-order valence-electron chi connectivity index (χ1n) is 4.51. The number of thiazole rings is 1. The Hall–Kier alpha value is -1.68. The van der Waals surface area contributed by atoms with Crippen LogP contribution in [0.15, 0.2) is 14.9 Å². The average molecular weight is 293 g/mol. The lowest BCUT2D eigenvalue weighted by Crippen LogP contribution is -2.23. The van der Waals surface area contributed by atoms with Gasteiger partial charge in [-0.05, 0) is 0 Å². The van der Waals surface area contributed by atoms with Crippen molar-refractivity contribution in [3.8, 4) is 0 Å². The van der Waals surface area contributed by atoms with Gasteiger partial charge in [-0.1, -0.05) is 5.16 Å². The molecule has 0 atom stereocenters. The molecule has 0 amide bonds. The molecule has 1 aromatic rings. The van der Waals surface area contributed by atoms with Crippen LogP contribution in [0, 0.1) is 0 Å². The molecule has 0 saturated heterocycles. The molecule has 0 aliphatic heterocycles. The lowest BCUT2D eigenvalue weighted by atomic mass is 10.3. The molecule has 0 aliphatic carbocycles. The van der Waals surface area contributed by atoms with Gasteiger partial charge in [0.1, 0.15) is 7.11 Å². The Bertz CT molecular complexity index is 653. The van der Waals surface area contributed by atoms with E-state index in [0.29, 0.717) is 0 Å². The molecule has 0 unspecified atom stereocenters. The number of oxime groups is 1. The number of nitrogens with zero attached hydrogens (tertiary/aromatic N) is 3. The predicted octanol–water partition coefficient (Wildman–Crippen LogP) is -0.618. The van der Waals surface area contributed by atoms with Crippen LogP contribution in [0.5, 0.6) is 0 Å². The van der Waals surface area contributed by atoms with Gasteiger partial charge in [-0.25, -0.2) is 13.2 Å². The molecule has 0 spiro atoms. The van der Waals surface area contributed by atoms with Gasteiger partial charge < -0.3 is 14.5 Å². The fourth-order valence-electron chi connectivity index (χ4n) is 1.10. The number of carboxylic acid groups (broad SMARTS) is 1. The zero-order chi connectivity index (χ0) is 13.9. The summed E-state index contributed by atoms with van der Waals surface area (Å²) in [6.07, 6.45) is 0.952. The first-order chi connectivity index (χ1) is 8.26. The Balaban J connectivity index is 3.44. The molecule has 0 aromatic carbocycles. The van der Waals surface area contributed by atoms with Gasteiger partial charge in [0.25, 0.3) is 10.0 Å². The van der Waals surface area contributed by atoms with Gasteiger partial charge >= 0.3 is 5.97 Å². The molecule has 1 heterocycles. The van der Waals surface area contributed by atoms with E-state index in [2.05, 4.69) is 14.4 Å². The molecular formula is C8H11N3O5S2. The summed E-state index contributed by atoms with van der Waals surface area (Å²) in [5.74, 6) is -1.28. The molecule has 1 N–H and O–H groups in total. The summed E-state index contributed by atoms with van der Waals surface area (Å²) >= 11 is 0.992. The molecule has 8 nitrogen and oxygen atoms in total. The lowest BCUT2D eigenvalue weighted by Gasteiger charge is -2.01. The zero-order valence-corrected chi connectivity index (χ0v) is 11.4. The van der Waals surface area contributed by atoms with E-state index in [1.807, 2.05) is 0 Å². The van der Waals surface area contributed by atoms with Crippen LogP contribution in [-0.2, 0) is 26.7 Å². The Labute approximate surface area is 107 Å². The van der Waals surface area contributed by atoms with Crippen LogP contribution in [0.2, 0.25) is 0 Å². The minimum absolute atomic E-state index is 0.151. The zero-order valence-electron chi connectivity index (χ0n) is 9.82. The fraction of sp³-hybridized carbons (Fsp3) is 0.375. The van der Waals surface area contributed by atoms with Crippen LogP contribution < -0.4 is 4.80 Å². The number of carbonyl (C=O) groups is 1. The number of sulfonamides is 1. The third-order valence-electron chi connectivity index (χ3n) is 1.80. The first kappa shape index (κ1) is 14.4. The minimum Gasteiger partial charge on any atom is -0.476 e. The number of hydrogen-bond donors (Lipinski definition) is 1. The highest BCUT2D eigenvalue weighted by Gasteiger charge is 2.18. The van der Waals surface area contributed by atoms with Crippen LogP contribution in [0.4, 0.5) is 0 Å². The maximum atomic E-state index is 11.0. The van der Waals surface area contributed by atoms with E-state index < -0.39 is 16.0 Å². The number of rotatable bonds is 4. The molecule has 100 valence electrons. The van der Waals surface area contributed by atoms with Crippen molar-refractivity contribution in [3.63, 3.8) is 0 Å². The molecule has 0 aliphatic rings. The van der Waals surface area contributed by atoms with E-state index in [1.165, 1.54) is 24.1 Å². The second-order valence-corrected chi connectivity index (χ2v) is 5.70. The SMILES string of the molecule is CO/N=C(/C(=O)O)c1cs/c(=N\S(C)(=O)=O)n1C.